The highest BCUT2D eigenvalue weighted by Crippen LogP contribution is 2.45. The molecule has 0 spiro atoms. The molecular formula is C10H17N3O4. The van der Waals surface area contributed by atoms with Gasteiger partial charge >= 0.3 is 12.0 Å². The highest BCUT2D eigenvalue weighted by Gasteiger charge is 2.50. The summed E-state index contributed by atoms with van der Waals surface area (Å²) in [6, 6.07) is -0.443. The molecule has 0 heterocycles. The molecule has 1 aliphatic rings. The minimum atomic E-state index is -0.872. The van der Waals surface area contributed by atoms with Crippen LogP contribution in [0, 0.1) is 5.41 Å². The Balaban J connectivity index is 2.14. The zero-order valence-corrected chi connectivity index (χ0v) is 9.71. The van der Waals surface area contributed by atoms with Crippen molar-refractivity contribution in [2.24, 2.45) is 5.41 Å². The lowest BCUT2D eigenvalue weighted by Gasteiger charge is -2.11. The number of urea groups is 1. The molecule has 1 fully saturated rings. The summed E-state index contributed by atoms with van der Waals surface area (Å²) in [5.41, 5.74) is -0.766. The van der Waals surface area contributed by atoms with Gasteiger partial charge in [0.1, 0.15) is 0 Å². The first kappa shape index (κ1) is 13.3. The zero-order valence-electron chi connectivity index (χ0n) is 9.71. The molecule has 0 radical (unpaired) electrons. The Morgan fingerprint density at radius 1 is 1.24 bits per heavy atom. The van der Waals surface area contributed by atoms with E-state index < -0.39 is 17.4 Å². The number of carbonyl (C=O) groups is 3. The molecule has 0 aromatic carbocycles. The van der Waals surface area contributed by atoms with E-state index >= 15 is 0 Å². The minimum absolute atomic E-state index is 0.133. The molecular weight excluding hydrogens is 226 g/mol. The predicted molar refractivity (Wildman–Crippen MR) is 59.4 cm³/mol. The third kappa shape index (κ3) is 3.93. The molecule has 7 nitrogen and oxygen atoms in total. The van der Waals surface area contributed by atoms with Gasteiger partial charge in [0, 0.05) is 26.6 Å². The summed E-state index contributed by atoms with van der Waals surface area (Å²) < 4.78 is 0. The van der Waals surface area contributed by atoms with Crippen LogP contribution in [0.4, 0.5) is 4.79 Å². The standard InChI is InChI=1S/C10H17N3O4/c1-11-7(14)2-5-12-9(17)13-6-10(3-4-10)8(15)16/h2-6H2,1H3,(H,11,14)(H,15,16)(H2,12,13,17). The second kappa shape index (κ2) is 5.51. The van der Waals surface area contributed by atoms with Crippen LogP contribution in [-0.2, 0) is 9.59 Å². The smallest absolute Gasteiger partial charge is 0.314 e. The molecule has 0 aliphatic heterocycles. The summed E-state index contributed by atoms with van der Waals surface area (Å²) in [4.78, 5) is 32.9. The van der Waals surface area contributed by atoms with Crippen LogP contribution in [0.2, 0.25) is 0 Å². The van der Waals surface area contributed by atoms with Crippen LogP contribution >= 0.6 is 0 Å². The number of carboxylic acid groups (broad SMARTS) is 1. The second-order valence-corrected chi connectivity index (χ2v) is 4.12. The second-order valence-electron chi connectivity index (χ2n) is 4.12. The maximum atomic E-state index is 11.3. The molecule has 17 heavy (non-hydrogen) atoms. The molecule has 0 bridgehead atoms. The van der Waals surface area contributed by atoms with Gasteiger partial charge in [0.2, 0.25) is 5.91 Å². The van der Waals surface area contributed by atoms with E-state index in [1.807, 2.05) is 0 Å². The topological polar surface area (TPSA) is 108 Å². The molecule has 0 atom stereocenters. The Labute approximate surface area is 98.9 Å². The van der Waals surface area contributed by atoms with Crippen molar-refractivity contribution in [1.29, 1.82) is 0 Å². The SMILES string of the molecule is CNC(=O)CCNC(=O)NCC1(C(=O)O)CC1. The molecule has 1 saturated carbocycles. The number of aliphatic carboxylic acids is 1. The van der Waals surface area contributed by atoms with Gasteiger partial charge in [0.05, 0.1) is 5.41 Å². The van der Waals surface area contributed by atoms with Crippen LogP contribution in [0.1, 0.15) is 19.3 Å². The summed E-state index contributed by atoms with van der Waals surface area (Å²) in [5.74, 6) is -1.03. The minimum Gasteiger partial charge on any atom is -0.481 e. The van der Waals surface area contributed by atoms with Crippen LogP contribution in [0.15, 0.2) is 0 Å². The Morgan fingerprint density at radius 2 is 1.88 bits per heavy atom. The average molecular weight is 243 g/mol. The number of nitrogens with one attached hydrogen (secondary N) is 3. The summed E-state index contributed by atoms with van der Waals surface area (Å²) in [7, 11) is 1.52. The van der Waals surface area contributed by atoms with Crippen LogP contribution < -0.4 is 16.0 Å². The van der Waals surface area contributed by atoms with Crippen molar-refractivity contribution < 1.29 is 19.5 Å². The Hall–Kier alpha value is -1.79. The normalized spacial score (nSPS) is 15.8. The zero-order chi connectivity index (χ0) is 12.9. The lowest BCUT2D eigenvalue weighted by molar-refractivity contribution is -0.143. The molecule has 4 N–H and O–H groups in total. The highest BCUT2D eigenvalue weighted by atomic mass is 16.4. The van der Waals surface area contributed by atoms with Crippen LogP contribution in [0.5, 0.6) is 0 Å². The maximum absolute atomic E-state index is 11.3. The van der Waals surface area contributed by atoms with Crippen molar-refractivity contribution in [2.45, 2.75) is 19.3 Å². The quantitative estimate of drug-likeness (QED) is 0.494. The largest absolute Gasteiger partial charge is 0.481 e. The van der Waals surface area contributed by atoms with Gasteiger partial charge in [-0.15, -0.1) is 0 Å². The van der Waals surface area contributed by atoms with Gasteiger partial charge in [0.15, 0.2) is 0 Å². The Kier molecular flexibility index (Phi) is 4.30. The lowest BCUT2D eigenvalue weighted by atomic mass is 10.1. The number of hydrogen-bond acceptors (Lipinski definition) is 3. The van der Waals surface area contributed by atoms with Gasteiger partial charge in [-0.2, -0.15) is 0 Å². The lowest BCUT2D eigenvalue weighted by Crippen LogP contribution is -2.41. The van der Waals surface area contributed by atoms with Crippen molar-refractivity contribution in [3.8, 4) is 0 Å². The fourth-order valence-electron chi connectivity index (χ4n) is 1.34. The van der Waals surface area contributed by atoms with Crippen molar-refractivity contribution in [3.63, 3.8) is 0 Å². The summed E-state index contributed by atoms with van der Waals surface area (Å²) in [6.07, 6.45) is 1.40. The molecule has 7 heteroatoms. The van der Waals surface area contributed by atoms with Gasteiger partial charge in [-0.05, 0) is 12.8 Å². The van der Waals surface area contributed by atoms with Crippen LogP contribution in [0.25, 0.3) is 0 Å². The Bertz CT molecular complexity index is 326. The molecule has 1 aliphatic carbocycles. The van der Waals surface area contributed by atoms with E-state index in [4.69, 9.17) is 5.11 Å². The third-order valence-electron chi connectivity index (χ3n) is 2.81. The molecule has 96 valence electrons. The van der Waals surface area contributed by atoms with E-state index in [0.717, 1.165) is 0 Å². The predicted octanol–water partition coefficient (Wildman–Crippen LogP) is -0.713. The van der Waals surface area contributed by atoms with E-state index in [0.29, 0.717) is 12.8 Å². The Morgan fingerprint density at radius 3 is 2.35 bits per heavy atom. The van der Waals surface area contributed by atoms with E-state index in [-0.39, 0.29) is 25.4 Å². The van der Waals surface area contributed by atoms with Gasteiger partial charge < -0.3 is 21.1 Å². The maximum Gasteiger partial charge on any atom is 0.314 e. The van der Waals surface area contributed by atoms with E-state index in [2.05, 4.69) is 16.0 Å². The molecule has 0 aromatic rings. The molecule has 0 saturated heterocycles. The number of rotatable bonds is 6. The summed E-state index contributed by atoms with van der Waals surface area (Å²) in [5, 5.41) is 16.3. The van der Waals surface area contributed by atoms with Gasteiger partial charge in [-0.1, -0.05) is 0 Å². The first-order chi connectivity index (χ1) is 8.00. The van der Waals surface area contributed by atoms with E-state index in [1.54, 1.807) is 0 Å². The average Bonchev–Trinajstić information content (AvgIpc) is 3.07. The van der Waals surface area contributed by atoms with Crippen molar-refractivity contribution in [3.05, 3.63) is 0 Å². The third-order valence-corrected chi connectivity index (χ3v) is 2.81. The fourth-order valence-corrected chi connectivity index (χ4v) is 1.34. The summed E-state index contributed by atoms with van der Waals surface area (Å²) in [6.45, 7) is 0.361. The number of amides is 3. The first-order valence-corrected chi connectivity index (χ1v) is 5.46. The number of carbonyl (C=O) groups excluding carboxylic acids is 2. The van der Waals surface area contributed by atoms with Crippen LogP contribution in [0.3, 0.4) is 0 Å². The van der Waals surface area contributed by atoms with Crippen LogP contribution in [-0.4, -0.2) is 43.2 Å². The monoisotopic (exact) mass is 243 g/mol. The highest BCUT2D eigenvalue weighted by molar-refractivity contribution is 5.80. The number of carboxylic acids is 1. The van der Waals surface area contributed by atoms with E-state index in [9.17, 15) is 14.4 Å². The number of hydrogen-bond donors (Lipinski definition) is 4. The summed E-state index contributed by atoms with van der Waals surface area (Å²) >= 11 is 0. The van der Waals surface area contributed by atoms with Crippen molar-refractivity contribution in [1.82, 2.24) is 16.0 Å². The van der Waals surface area contributed by atoms with Gasteiger partial charge in [-0.25, -0.2) is 4.79 Å². The van der Waals surface area contributed by atoms with Gasteiger partial charge in [0.25, 0.3) is 0 Å². The van der Waals surface area contributed by atoms with E-state index in [1.165, 1.54) is 7.05 Å². The molecule has 0 unspecified atom stereocenters. The molecule has 0 aromatic heterocycles. The van der Waals surface area contributed by atoms with Crippen molar-refractivity contribution in [2.75, 3.05) is 20.1 Å². The van der Waals surface area contributed by atoms with Gasteiger partial charge in [-0.3, -0.25) is 9.59 Å². The molecule has 1 rings (SSSR count). The molecule has 3 amide bonds. The van der Waals surface area contributed by atoms with Crippen molar-refractivity contribution >= 4 is 17.9 Å². The first-order valence-electron chi connectivity index (χ1n) is 5.46. The fraction of sp³-hybridized carbons (Fsp3) is 0.700.